The highest BCUT2D eigenvalue weighted by atomic mass is 33.3. The van der Waals surface area contributed by atoms with Gasteiger partial charge in [-0.3, -0.25) is 4.57 Å². The summed E-state index contributed by atoms with van der Waals surface area (Å²) in [5.74, 6) is 0. The Morgan fingerprint density at radius 1 is 1.75 bits per heavy atom. The molecule has 0 radical (unpaired) electrons. The molecule has 0 saturated heterocycles. The smallest absolute Gasteiger partial charge is 0.265 e. The maximum atomic E-state index is 10.7. The molecule has 0 rings (SSSR count). The van der Waals surface area contributed by atoms with Gasteiger partial charge in [-0.15, -0.1) is 0 Å². The van der Waals surface area contributed by atoms with Crippen LogP contribution in [0.1, 0.15) is 6.92 Å². The highest BCUT2D eigenvalue weighted by molar-refractivity contribution is 8.99. The van der Waals surface area contributed by atoms with Crippen LogP contribution in [0.4, 0.5) is 0 Å². The minimum atomic E-state index is -2.79. The fraction of sp³-hybridized carbons (Fsp3) is 1.00. The van der Waals surface area contributed by atoms with E-state index < -0.39 is 6.57 Å². The topological polar surface area (TPSA) is 37.3 Å². The third-order valence-corrected chi connectivity index (χ3v) is 7.13. The van der Waals surface area contributed by atoms with Gasteiger partial charge in [-0.05, 0) is 16.7 Å². The molecule has 0 aliphatic heterocycles. The summed E-state index contributed by atoms with van der Waals surface area (Å²) in [5.41, 5.74) is 0. The highest BCUT2D eigenvalue weighted by Crippen LogP contribution is 2.59. The van der Waals surface area contributed by atoms with Crippen molar-refractivity contribution in [1.29, 1.82) is 0 Å². The van der Waals surface area contributed by atoms with Crippen LogP contribution >= 0.6 is 27.8 Å². The summed E-state index contributed by atoms with van der Waals surface area (Å²) in [6, 6.07) is 0. The Morgan fingerprint density at radius 2 is 2.25 bits per heavy atom. The van der Waals surface area contributed by atoms with Crippen LogP contribution in [0.15, 0.2) is 0 Å². The molecule has 0 aromatic rings. The lowest BCUT2D eigenvalue weighted by Gasteiger charge is -2.02. The van der Waals surface area contributed by atoms with E-state index in [1.54, 1.807) is 13.2 Å². The molecule has 1 atom stereocenters. The summed E-state index contributed by atoms with van der Waals surface area (Å²) in [7, 11) is 2.40. The van der Waals surface area contributed by atoms with Crippen molar-refractivity contribution in [3.63, 3.8) is 0 Å². The third-order valence-electron chi connectivity index (χ3n) is 0.591. The SMILES string of the molecule is CCP(=O)(O)SSC. The first kappa shape index (κ1) is 8.89. The number of hydrogen-bond acceptors (Lipinski definition) is 3. The van der Waals surface area contributed by atoms with Crippen molar-refractivity contribution < 1.29 is 9.46 Å². The Bertz CT molecular complexity index is 105. The van der Waals surface area contributed by atoms with Crippen LogP contribution in [0.25, 0.3) is 0 Å². The molecular formula is C3H9O2PS2. The van der Waals surface area contributed by atoms with Crippen molar-refractivity contribution in [2.24, 2.45) is 0 Å². The van der Waals surface area contributed by atoms with Gasteiger partial charge in [-0.2, -0.15) is 0 Å². The molecule has 0 heterocycles. The maximum absolute atomic E-state index is 10.7. The minimum Gasteiger partial charge on any atom is -0.336 e. The molecule has 0 aromatic heterocycles. The van der Waals surface area contributed by atoms with E-state index in [0.717, 1.165) is 10.4 Å². The Hall–Kier alpha value is 0.890. The minimum absolute atomic E-state index is 0.360. The predicted octanol–water partition coefficient (Wildman–Crippen LogP) is 2.20. The van der Waals surface area contributed by atoms with E-state index in [1.165, 1.54) is 10.8 Å². The Kier molecular flexibility index (Phi) is 4.26. The average Bonchev–Trinajstić information content (AvgIpc) is 1.67. The largest absolute Gasteiger partial charge is 0.336 e. The van der Waals surface area contributed by atoms with Crippen LogP contribution < -0.4 is 0 Å². The summed E-state index contributed by atoms with van der Waals surface area (Å²) < 4.78 is 10.7. The zero-order valence-electron chi connectivity index (χ0n) is 4.83. The van der Waals surface area contributed by atoms with E-state index in [9.17, 15) is 4.57 Å². The Balaban J connectivity index is 3.55. The second-order valence-corrected chi connectivity index (χ2v) is 8.09. The second-order valence-electron chi connectivity index (χ2n) is 1.19. The van der Waals surface area contributed by atoms with Gasteiger partial charge in [0.2, 0.25) is 0 Å². The molecule has 5 heteroatoms. The molecule has 0 spiro atoms. The molecule has 1 unspecified atom stereocenters. The molecule has 0 aliphatic carbocycles. The highest BCUT2D eigenvalue weighted by Gasteiger charge is 2.13. The van der Waals surface area contributed by atoms with Gasteiger partial charge < -0.3 is 4.89 Å². The zero-order chi connectivity index (χ0) is 6.62. The summed E-state index contributed by atoms with van der Waals surface area (Å²) in [6.45, 7) is -1.08. The molecule has 0 aliphatic rings. The molecular weight excluding hydrogens is 163 g/mol. The average molecular weight is 172 g/mol. The predicted molar refractivity (Wildman–Crippen MR) is 41.5 cm³/mol. The molecule has 0 aromatic carbocycles. The standard InChI is InChI=1S/C3H9O2PS2/c1-3-6(4,5)8-7-2/h3H2,1-2H3,(H,4,5). The van der Waals surface area contributed by atoms with Crippen molar-refractivity contribution >= 4 is 27.8 Å². The number of rotatable bonds is 3. The van der Waals surface area contributed by atoms with Gasteiger partial charge >= 0.3 is 0 Å². The van der Waals surface area contributed by atoms with E-state index in [2.05, 4.69) is 0 Å². The lowest BCUT2D eigenvalue weighted by molar-refractivity contribution is 0.499. The van der Waals surface area contributed by atoms with Gasteiger partial charge in [0.25, 0.3) is 6.57 Å². The molecule has 50 valence electrons. The van der Waals surface area contributed by atoms with Crippen molar-refractivity contribution in [2.45, 2.75) is 6.92 Å². The van der Waals surface area contributed by atoms with E-state index in [-0.39, 0.29) is 0 Å². The third kappa shape index (κ3) is 3.84. The molecule has 0 bridgehead atoms. The first-order valence-electron chi connectivity index (χ1n) is 2.16. The Labute approximate surface area is 57.0 Å². The van der Waals surface area contributed by atoms with Crippen molar-refractivity contribution in [3.05, 3.63) is 0 Å². The van der Waals surface area contributed by atoms with E-state index >= 15 is 0 Å². The lowest BCUT2D eigenvalue weighted by atomic mass is 11.0. The molecule has 0 amide bonds. The van der Waals surface area contributed by atoms with Crippen LogP contribution in [0.2, 0.25) is 0 Å². The molecule has 1 N–H and O–H groups in total. The van der Waals surface area contributed by atoms with Gasteiger partial charge in [0, 0.05) is 6.16 Å². The summed E-state index contributed by atoms with van der Waals surface area (Å²) in [5, 5.41) is 0. The monoisotopic (exact) mass is 172 g/mol. The Morgan fingerprint density at radius 3 is 2.38 bits per heavy atom. The van der Waals surface area contributed by atoms with Crippen LogP contribution in [-0.2, 0) is 4.57 Å². The summed E-state index contributed by atoms with van der Waals surface area (Å²) >= 11 is 0. The lowest BCUT2D eigenvalue weighted by Crippen LogP contribution is -1.72. The van der Waals surface area contributed by atoms with Gasteiger partial charge in [-0.1, -0.05) is 17.7 Å². The fourth-order valence-corrected chi connectivity index (χ4v) is 4.57. The zero-order valence-corrected chi connectivity index (χ0v) is 7.35. The van der Waals surface area contributed by atoms with Crippen LogP contribution in [0, 0.1) is 0 Å². The van der Waals surface area contributed by atoms with Crippen LogP contribution in [0.5, 0.6) is 0 Å². The number of hydrogen-bond donors (Lipinski definition) is 1. The van der Waals surface area contributed by atoms with E-state index in [1.807, 2.05) is 0 Å². The van der Waals surface area contributed by atoms with Crippen molar-refractivity contribution in [2.75, 3.05) is 12.4 Å². The van der Waals surface area contributed by atoms with Crippen LogP contribution in [0.3, 0.4) is 0 Å². The first-order chi connectivity index (χ1) is 3.62. The van der Waals surface area contributed by atoms with Gasteiger partial charge in [0.15, 0.2) is 0 Å². The second kappa shape index (κ2) is 3.83. The van der Waals surface area contributed by atoms with E-state index in [0.29, 0.717) is 6.16 Å². The molecule has 0 saturated carbocycles. The normalized spacial score (nSPS) is 17.9. The first-order valence-corrected chi connectivity index (χ1v) is 7.17. The molecule has 2 nitrogen and oxygen atoms in total. The fourth-order valence-electron chi connectivity index (χ4n) is 0.169. The van der Waals surface area contributed by atoms with Crippen LogP contribution in [-0.4, -0.2) is 17.3 Å². The summed E-state index contributed by atoms with van der Waals surface area (Å²) in [6.07, 6.45) is 2.15. The van der Waals surface area contributed by atoms with Gasteiger partial charge in [0.05, 0.1) is 0 Å². The van der Waals surface area contributed by atoms with E-state index in [4.69, 9.17) is 4.89 Å². The van der Waals surface area contributed by atoms with Gasteiger partial charge in [0.1, 0.15) is 0 Å². The van der Waals surface area contributed by atoms with Gasteiger partial charge in [-0.25, -0.2) is 0 Å². The molecule has 0 fully saturated rings. The summed E-state index contributed by atoms with van der Waals surface area (Å²) in [4.78, 5) is 8.82. The maximum Gasteiger partial charge on any atom is 0.265 e. The molecule has 8 heavy (non-hydrogen) atoms. The van der Waals surface area contributed by atoms with Crippen molar-refractivity contribution in [1.82, 2.24) is 0 Å². The van der Waals surface area contributed by atoms with Crippen molar-refractivity contribution in [3.8, 4) is 0 Å². The quantitative estimate of drug-likeness (QED) is 0.523.